The molecule has 1 saturated heterocycles. The van der Waals surface area contributed by atoms with Gasteiger partial charge in [0.25, 0.3) is 0 Å². The zero-order valence-corrected chi connectivity index (χ0v) is 32.4. The normalized spacial score (nSPS) is 42.0. The van der Waals surface area contributed by atoms with E-state index in [1.165, 1.54) is 12.1 Å². The number of piperazine rings is 1. The molecule has 0 radical (unpaired) electrons. The second-order valence-corrected chi connectivity index (χ2v) is 19.0. The van der Waals surface area contributed by atoms with Crippen molar-refractivity contribution in [1.29, 1.82) is 0 Å². The molecule has 4 saturated carbocycles. The van der Waals surface area contributed by atoms with Crippen LogP contribution >= 0.6 is 0 Å². The lowest BCUT2D eigenvalue weighted by molar-refractivity contribution is -0.184. The van der Waals surface area contributed by atoms with E-state index in [2.05, 4.69) is 71.3 Å². The lowest BCUT2D eigenvalue weighted by Crippen LogP contribution is -2.66. The number of alkyl halides is 3. The molecule has 0 bridgehead atoms. The molecule has 1 aromatic rings. The number of Topliss-reactive ketones (excluding diaryl/α,β-unsaturated/α-hetero) is 1. The Kier molecular flexibility index (Phi) is 8.92. The first-order valence-electron chi connectivity index (χ1n) is 20.0. The SMILES string of the molecule is CCN1CCN(C(=O)[C@]23CC[C@@H](C)[C@H](C)[C@H]2C2=CC[C@@H]4[C@@]5(C)C/C(=C/c6ccc(C(F)(F)F)cc6)C(=O)C(C)(C)[C@@H]5CC[C@@]4(C)[C@]2(C)CC3)CC1. The smallest absolute Gasteiger partial charge is 0.340 e. The lowest BCUT2D eigenvalue weighted by atomic mass is 9.33. The molecule has 5 aliphatic carbocycles. The van der Waals surface area contributed by atoms with Crippen molar-refractivity contribution in [2.45, 2.75) is 113 Å². The van der Waals surface area contributed by atoms with Gasteiger partial charge in [0.2, 0.25) is 5.91 Å². The summed E-state index contributed by atoms with van der Waals surface area (Å²) in [5, 5.41) is 0. The fraction of sp³-hybridized carbons (Fsp3) is 0.727. The molecule has 0 aromatic heterocycles. The molecule has 0 N–H and O–H groups in total. The highest BCUT2D eigenvalue weighted by Crippen LogP contribution is 2.76. The Labute approximate surface area is 304 Å². The number of hydrogen-bond donors (Lipinski definition) is 0. The topological polar surface area (TPSA) is 40.6 Å². The van der Waals surface area contributed by atoms with E-state index in [-0.39, 0.29) is 39.3 Å². The van der Waals surface area contributed by atoms with Crippen molar-refractivity contribution < 1.29 is 22.8 Å². The van der Waals surface area contributed by atoms with Gasteiger partial charge < -0.3 is 9.80 Å². The molecule has 9 atom stereocenters. The second-order valence-electron chi connectivity index (χ2n) is 19.0. The van der Waals surface area contributed by atoms with E-state index in [0.29, 0.717) is 35.6 Å². The van der Waals surface area contributed by atoms with Gasteiger partial charge in [-0.05, 0) is 133 Å². The highest BCUT2D eigenvalue weighted by Gasteiger charge is 2.70. The van der Waals surface area contributed by atoms with Crippen molar-refractivity contribution in [3.63, 3.8) is 0 Å². The van der Waals surface area contributed by atoms with Crippen LogP contribution < -0.4 is 0 Å². The van der Waals surface area contributed by atoms with E-state index in [9.17, 15) is 22.8 Å². The molecule has 1 heterocycles. The number of halogens is 3. The minimum absolute atomic E-state index is 0.000627. The molecule has 1 aliphatic heterocycles. The molecule has 0 spiro atoms. The molecular formula is C44H61F3N2O2. The van der Waals surface area contributed by atoms with Gasteiger partial charge in [0.15, 0.2) is 5.78 Å². The maximum Gasteiger partial charge on any atom is 0.416 e. The Morgan fingerprint density at radius 1 is 0.902 bits per heavy atom. The maximum atomic E-state index is 14.9. The van der Waals surface area contributed by atoms with Gasteiger partial charge in [-0.15, -0.1) is 0 Å². The van der Waals surface area contributed by atoms with Gasteiger partial charge in [-0.2, -0.15) is 13.2 Å². The van der Waals surface area contributed by atoms with Crippen LogP contribution in [0.5, 0.6) is 0 Å². The van der Waals surface area contributed by atoms with E-state index in [0.717, 1.165) is 95.4 Å². The summed E-state index contributed by atoms with van der Waals surface area (Å²) in [7, 11) is 0. The first-order chi connectivity index (χ1) is 23.8. The van der Waals surface area contributed by atoms with E-state index in [1.807, 2.05) is 6.08 Å². The Hall–Kier alpha value is -2.41. The number of hydrogen-bond acceptors (Lipinski definition) is 3. The maximum absolute atomic E-state index is 14.9. The number of ketones is 1. The van der Waals surface area contributed by atoms with Crippen LogP contribution in [0.3, 0.4) is 0 Å². The Bertz CT molecular complexity index is 1620. The summed E-state index contributed by atoms with van der Waals surface area (Å²) in [6.07, 6.45) is 7.77. The minimum atomic E-state index is -4.39. The van der Waals surface area contributed by atoms with Crippen LogP contribution in [0.1, 0.15) is 118 Å². The highest BCUT2D eigenvalue weighted by atomic mass is 19.4. The van der Waals surface area contributed by atoms with E-state index in [4.69, 9.17) is 0 Å². The summed E-state index contributed by atoms with van der Waals surface area (Å²) >= 11 is 0. The largest absolute Gasteiger partial charge is 0.416 e. The van der Waals surface area contributed by atoms with Crippen LogP contribution in [0.4, 0.5) is 13.2 Å². The number of amides is 1. The van der Waals surface area contributed by atoms with Gasteiger partial charge in [0.1, 0.15) is 0 Å². The van der Waals surface area contributed by atoms with Gasteiger partial charge in [-0.3, -0.25) is 9.59 Å². The molecule has 1 aromatic carbocycles. The van der Waals surface area contributed by atoms with Gasteiger partial charge >= 0.3 is 6.18 Å². The Morgan fingerprint density at radius 2 is 1.57 bits per heavy atom. The first kappa shape index (κ1) is 36.9. The molecular weight excluding hydrogens is 645 g/mol. The predicted octanol–water partition coefficient (Wildman–Crippen LogP) is 10.1. The molecule has 51 heavy (non-hydrogen) atoms. The standard InChI is InChI=1S/C44H61F3N2O2/c1-9-48-22-24-49(25-23-48)38(51)43-19-16-28(2)29(3)36(43)33-14-15-35-40(6)27-31(26-30-10-12-32(13-11-30)44(45,46)47)37(50)39(4,5)34(40)17-18-42(35,8)41(33,7)20-21-43/h10-14,26,28-29,34-36H,9,15-25,27H2,1-8H3/b31-26-/t28-,29+,34+,35-,36+,40+,41-,42-,43+/m1/s1. The van der Waals surface area contributed by atoms with Crippen molar-refractivity contribution in [3.8, 4) is 0 Å². The number of likely N-dealkylation sites (N-methyl/N-ethyl adjacent to an activating group) is 1. The zero-order valence-electron chi connectivity index (χ0n) is 32.4. The van der Waals surface area contributed by atoms with Crippen LogP contribution in [0.25, 0.3) is 6.08 Å². The fourth-order valence-corrected chi connectivity index (χ4v) is 13.4. The number of nitrogens with zero attached hydrogens (tertiary/aromatic N) is 2. The third-order valence-electron chi connectivity index (χ3n) is 16.7. The number of rotatable bonds is 3. The van der Waals surface area contributed by atoms with Crippen LogP contribution in [-0.4, -0.2) is 54.2 Å². The third kappa shape index (κ3) is 5.38. The van der Waals surface area contributed by atoms with Gasteiger partial charge in [-0.1, -0.05) is 79.2 Å². The summed E-state index contributed by atoms with van der Waals surface area (Å²) in [6.45, 7) is 23.4. The molecule has 1 amide bonds. The average molecular weight is 707 g/mol. The number of allylic oxidation sites excluding steroid dienone is 3. The molecule has 7 rings (SSSR count). The minimum Gasteiger partial charge on any atom is -0.340 e. The van der Waals surface area contributed by atoms with Crippen LogP contribution in [0, 0.1) is 56.7 Å². The van der Waals surface area contributed by atoms with E-state index < -0.39 is 17.2 Å². The predicted molar refractivity (Wildman–Crippen MR) is 197 cm³/mol. The average Bonchev–Trinajstić information content (AvgIpc) is 3.08. The molecule has 0 unspecified atom stereocenters. The van der Waals surface area contributed by atoms with Crippen molar-refractivity contribution in [3.05, 3.63) is 52.6 Å². The van der Waals surface area contributed by atoms with Crippen LogP contribution in [0.2, 0.25) is 0 Å². The fourth-order valence-electron chi connectivity index (χ4n) is 13.4. The third-order valence-corrected chi connectivity index (χ3v) is 16.7. The lowest BCUT2D eigenvalue weighted by Gasteiger charge is -2.71. The van der Waals surface area contributed by atoms with Crippen molar-refractivity contribution >= 4 is 17.8 Å². The quantitative estimate of drug-likeness (QED) is 0.232. The zero-order chi connectivity index (χ0) is 36.9. The number of fused-ring (bicyclic) bond motifs is 7. The molecule has 6 aliphatic rings. The van der Waals surface area contributed by atoms with Crippen molar-refractivity contribution in [2.75, 3.05) is 32.7 Å². The summed E-state index contributed by atoms with van der Waals surface area (Å²) in [5.74, 6) is 2.37. The monoisotopic (exact) mass is 706 g/mol. The molecule has 4 nitrogen and oxygen atoms in total. The van der Waals surface area contributed by atoms with Gasteiger partial charge in [0, 0.05) is 31.6 Å². The second kappa shape index (κ2) is 12.3. The van der Waals surface area contributed by atoms with Crippen molar-refractivity contribution in [1.82, 2.24) is 9.80 Å². The summed E-state index contributed by atoms with van der Waals surface area (Å²) in [5.41, 5.74) is 1.18. The Morgan fingerprint density at radius 3 is 2.20 bits per heavy atom. The number of benzene rings is 1. The summed E-state index contributed by atoms with van der Waals surface area (Å²) in [6, 6.07) is 5.23. The van der Waals surface area contributed by atoms with Crippen LogP contribution in [-0.2, 0) is 15.8 Å². The van der Waals surface area contributed by atoms with Crippen LogP contribution in [0.15, 0.2) is 41.5 Å². The molecule has 7 heteroatoms. The van der Waals surface area contributed by atoms with Gasteiger partial charge in [0.05, 0.1) is 11.0 Å². The van der Waals surface area contributed by atoms with E-state index in [1.54, 1.807) is 5.57 Å². The number of carbonyl (C=O) groups excluding carboxylic acids is 2. The van der Waals surface area contributed by atoms with Gasteiger partial charge in [-0.25, -0.2) is 0 Å². The number of carbonyl (C=O) groups is 2. The van der Waals surface area contributed by atoms with E-state index >= 15 is 0 Å². The molecule has 280 valence electrons. The van der Waals surface area contributed by atoms with Crippen molar-refractivity contribution in [2.24, 2.45) is 56.7 Å². The summed E-state index contributed by atoms with van der Waals surface area (Å²) in [4.78, 5) is 33.7. The first-order valence-corrected chi connectivity index (χ1v) is 20.0. The highest BCUT2D eigenvalue weighted by molar-refractivity contribution is 6.04. The summed E-state index contributed by atoms with van der Waals surface area (Å²) < 4.78 is 40.0. The molecule has 5 fully saturated rings. The Balaban J connectivity index is 1.26.